The van der Waals surface area contributed by atoms with E-state index in [9.17, 15) is 0 Å². The maximum absolute atomic E-state index is 6.29. The molecule has 2 saturated heterocycles. The zero-order chi connectivity index (χ0) is 14.0. The Balaban J connectivity index is 1.56. The van der Waals surface area contributed by atoms with Gasteiger partial charge in [-0.25, -0.2) is 0 Å². The minimum absolute atomic E-state index is 0.465. The standard InChI is InChI=1S/C16H24ClN3/c1-16(6-7-18-12-16)13-19-8-10-20(11-9-19)15-5-3-2-4-14(15)17/h2-5,18H,6-13H2,1H3. The average Bonchev–Trinajstić information content (AvgIpc) is 2.87. The summed E-state index contributed by atoms with van der Waals surface area (Å²) >= 11 is 6.29. The van der Waals surface area contributed by atoms with Crippen LogP contribution in [0.15, 0.2) is 24.3 Å². The fraction of sp³-hybridized carbons (Fsp3) is 0.625. The number of rotatable bonds is 3. The summed E-state index contributed by atoms with van der Waals surface area (Å²) < 4.78 is 0. The topological polar surface area (TPSA) is 18.5 Å². The fourth-order valence-electron chi connectivity index (χ4n) is 3.40. The largest absolute Gasteiger partial charge is 0.368 e. The Morgan fingerprint density at radius 3 is 2.60 bits per heavy atom. The molecule has 2 heterocycles. The van der Waals surface area contributed by atoms with Gasteiger partial charge in [-0.2, -0.15) is 0 Å². The molecule has 0 saturated carbocycles. The summed E-state index contributed by atoms with van der Waals surface area (Å²) in [7, 11) is 0. The van der Waals surface area contributed by atoms with Gasteiger partial charge < -0.3 is 10.2 Å². The van der Waals surface area contributed by atoms with Crippen LogP contribution < -0.4 is 10.2 Å². The van der Waals surface area contributed by atoms with Crippen molar-refractivity contribution in [3.05, 3.63) is 29.3 Å². The Hall–Kier alpha value is -0.770. The van der Waals surface area contributed by atoms with Gasteiger partial charge in [-0.3, -0.25) is 4.90 Å². The number of benzene rings is 1. The van der Waals surface area contributed by atoms with Crippen molar-refractivity contribution in [1.29, 1.82) is 0 Å². The van der Waals surface area contributed by atoms with Crippen molar-refractivity contribution < 1.29 is 0 Å². The van der Waals surface area contributed by atoms with Gasteiger partial charge in [0.2, 0.25) is 0 Å². The second-order valence-corrected chi connectivity index (χ2v) is 6.86. The number of hydrogen-bond acceptors (Lipinski definition) is 3. The normalized spacial score (nSPS) is 28.0. The van der Waals surface area contributed by atoms with Gasteiger partial charge >= 0.3 is 0 Å². The lowest BCUT2D eigenvalue weighted by atomic mass is 9.89. The second kappa shape index (κ2) is 5.92. The van der Waals surface area contributed by atoms with Crippen molar-refractivity contribution >= 4 is 17.3 Å². The van der Waals surface area contributed by atoms with Gasteiger partial charge in [-0.1, -0.05) is 30.7 Å². The Bertz CT molecular complexity index is 449. The quantitative estimate of drug-likeness (QED) is 0.924. The predicted molar refractivity (Wildman–Crippen MR) is 85.7 cm³/mol. The summed E-state index contributed by atoms with van der Waals surface area (Å²) in [6, 6.07) is 8.17. The van der Waals surface area contributed by atoms with Crippen LogP contribution in [0.1, 0.15) is 13.3 Å². The minimum atomic E-state index is 0.465. The number of piperazine rings is 1. The minimum Gasteiger partial charge on any atom is -0.368 e. The van der Waals surface area contributed by atoms with Crippen LogP contribution in [0.5, 0.6) is 0 Å². The molecule has 0 radical (unpaired) electrons. The monoisotopic (exact) mass is 293 g/mol. The number of anilines is 1. The van der Waals surface area contributed by atoms with E-state index >= 15 is 0 Å². The first-order valence-electron chi connectivity index (χ1n) is 7.59. The average molecular weight is 294 g/mol. The lowest BCUT2D eigenvalue weighted by Crippen LogP contribution is -2.50. The number of halogens is 1. The van der Waals surface area contributed by atoms with Crippen molar-refractivity contribution in [2.45, 2.75) is 13.3 Å². The molecule has 1 aromatic rings. The van der Waals surface area contributed by atoms with E-state index in [1.165, 1.54) is 25.2 Å². The van der Waals surface area contributed by atoms with Crippen LogP contribution in [-0.2, 0) is 0 Å². The summed E-state index contributed by atoms with van der Waals surface area (Å²) in [5.74, 6) is 0. The van der Waals surface area contributed by atoms with Crippen molar-refractivity contribution in [1.82, 2.24) is 10.2 Å². The molecule has 0 aromatic heterocycles. The molecule has 0 bridgehead atoms. The molecule has 1 aromatic carbocycles. The molecule has 2 fully saturated rings. The SMILES string of the molecule is CC1(CN2CCN(c3ccccc3Cl)CC2)CCNC1. The molecule has 1 N–H and O–H groups in total. The molecule has 2 aliphatic heterocycles. The Kier molecular flexibility index (Phi) is 4.20. The van der Waals surface area contributed by atoms with Gasteiger partial charge in [0.1, 0.15) is 0 Å². The molecule has 1 atom stereocenters. The van der Waals surface area contributed by atoms with E-state index in [1.807, 2.05) is 12.1 Å². The Labute approximate surface area is 126 Å². The molecule has 110 valence electrons. The fourth-order valence-corrected chi connectivity index (χ4v) is 3.65. The van der Waals surface area contributed by atoms with Gasteiger partial charge in [0, 0.05) is 39.3 Å². The third-order valence-corrected chi connectivity index (χ3v) is 4.95. The van der Waals surface area contributed by atoms with Crippen molar-refractivity contribution in [3.63, 3.8) is 0 Å². The van der Waals surface area contributed by atoms with E-state index in [-0.39, 0.29) is 0 Å². The molecule has 2 aliphatic rings. The van der Waals surface area contributed by atoms with Gasteiger partial charge in [0.05, 0.1) is 10.7 Å². The number of nitrogens with one attached hydrogen (secondary N) is 1. The van der Waals surface area contributed by atoms with E-state index in [1.54, 1.807) is 0 Å². The smallest absolute Gasteiger partial charge is 0.0639 e. The highest BCUT2D eigenvalue weighted by Gasteiger charge is 2.31. The van der Waals surface area contributed by atoms with E-state index in [2.05, 4.69) is 34.2 Å². The van der Waals surface area contributed by atoms with Crippen LogP contribution in [-0.4, -0.2) is 50.7 Å². The molecule has 3 rings (SSSR count). The number of para-hydroxylation sites is 1. The van der Waals surface area contributed by atoms with E-state index in [0.717, 1.165) is 37.7 Å². The van der Waals surface area contributed by atoms with Crippen LogP contribution in [0, 0.1) is 5.41 Å². The van der Waals surface area contributed by atoms with Crippen LogP contribution in [0.2, 0.25) is 5.02 Å². The first-order valence-corrected chi connectivity index (χ1v) is 7.97. The highest BCUT2D eigenvalue weighted by Crippen LogP contribution is 2.28. The maximum Gasteiger partial charge on any atom is 0.0639 e. The van der Waals surface area contributed by atoms with Gasteiger partial charge in [-0.15, -0.1) is 0 Å². The molecule has 0 spiro atoms. The molecule has 4 heteroatoms. The molecule has 3 nitrogen and oxygen atoms in total. The van der Waals surface area contributed by atoms with E-state index < -0.39 is 0 Å². The first-order chi connectivity index (χ1) is 9.66. The highest BCUT2D eigenvalue weighted by atomic mass is 35.5. The predicted octanol–water partition coefficient (Wildman–Crippen LogP) is 2.46. The van der Waals surface area contributed by atoms with Crippen LogP contribution in [0.25, 0.3) is 0 Å². The molecule has 0 amide bonds. The van der Waals surface area contributed by atoms with Crippen molar-refractivity contribution in [2.75, 3.05) is 50.7 Å². The molecule has 0 aliphatic carbocycles. The highest BCUT2D eigenvalue weighted by molar-refractivity contribution is 6.33. The summed E-state index contributed by atoms with van der Waals surface area (Å²) in [6.45, 7) is 10.4. The third-order valence-electron chi connectivity index (χ3n) is 4.63. The summed E-state index contributed by atoms with van der Waals surface area (Å²) in [4.78, 5) is 5.02. The van der Waals surface area contributed by atoms with Crippen LogP contribution in [0.4, 0.5) is 5.69 Å². The van der Waals surface area contributed by atoms with Crippen molar-refractivity contribution in [2.24, 2.45) is 5.41 Å². The number of hydrogen-bond donors (Lipinski definition) is 1. The molecule has 20 heavy (non-hydrogen) atoms. The summed E-state index contributed by atoms with van der Waals surface area (Å²) in [5, 5.41) is 4.36. The lowest BCUT2D eigenvalue weighted by molar-refractivity contribution is 0.169. The summed E-state index contributed by atoms with van der Waals surface area (Å²) in [5.41, 5.74) is 1.65. The van der Waals surface area contributed by atoms with Crippen molar-refractivity contribution in [3.8, 4) is 0 Å². The zero-order valence-corrected chi connectivity index (χ0v) is 13.0. The number of nitrogens with zero attached hydrogens (tertiary/aromatic N) is 2. The first kappa shape index (κ1) is 14.2. The van der Waals surface area contributed by atoms with Gasteiger partial charge in [0.25, 0.3) is 0 Å². The van der Waals surface area contributed by atoms with E-state index in [0.29, 0.717) is 5.41 Å². The molecule has 1 unspecified atom stereocenters. The maximum atomic E-state index is 6.29. The zero-order valence-electron chi connectivity index (χ0n) is 12.2. The Morgan fingerprint density at radius 2 is 1.95 bits per heavy atom. The molecular formula is C16H24ClN3. The second-order valence-electron chi connectivity index (χ2n) is 6.45. The van der Waals surface area contributed by atoms with Crippen LogP contribution in [0.3, 0.4) is 0 Å². The third kappa shape index (κ3) is 3.11. The van der Waals surface area contributed by atoms with Gasteiger partial charge in [0.15, 0.2) is 0 Å². The lowest BCUT2D eigenvalue weighted by Gasteiger charge is -2.39. The summed E-state index contributed by atoms with van der Waals surface area (Å²) in [6.07, 6.45) is 1.30. The van der Waals surface area contributed by atoms with Gasteiger partial charge in [-0.05, 0) is 30.5 Å². The van der Waals surface area contributed by atoms with E-state index in [4.69, 9.17) is 11.6 Å². The van der Waals surface area contributed by atoms with Crippen LogP contribution >= 0.6 is 11.6 Å². The Morgan fingerprint density at radius 1 is 1.20 bits per heavy atom. The molecular weight excluding hydrogens is 270 g/mol.